The first-order valence-corrected chi connectivity index (χ1v) is 7.48. The van der Waals surface area contributed by atoms with E-state index in [2.05, 4.69) is 19.2 Å². The summed E-state index contributed by atoms with van der Waals surface area (Å²) >= 11 is 0. The highest BCUT2D eigenvalue weighted by Crippen LogP contribution is 2.55. The number of hydrogen-bond acceptors (Lipinski definition) is 1. The molecule has 16 heavy (non-hydrogen) atoms. The van der Waals surface area contributed by atoms with Crippen molar-refractivity contribution in [1.82, 2.24) is 5.32 Å². The molecule has 2 atom stereocenters. The van der Waals surface area contributed by atoms with Crippen LogP contribution in [-0.4, -0.2) is 12.6 Å². The maximum Gasteiger partial charge on any atom is 0.00683 e. The van der Waals surface area contributed by atoms with Gasteiger partial charge in [0.15, 0.2) is 0 Å². The molecule has 94 valence electrons. The van der Waals surface area contributed by atoms with Crippen molar-refractivity contribution >= 4 is 0 Å². The first kappa shape index (κ1) is 12.4. The summed E-state index contributed by atoms with van der Waals surface area (Å²) in [5, 5.41) is 3.68. The second-order valence-electron chi connectivity index (χ2n) is 6.40. The van der Waals surface area contributed by atoms with E-state index in [9.17, 15) is 0 Å². The molecular weight excluding hydrogens is 194 g/mol. The minimum atomic E-state index is 0.716. The molecule has 0 aromatic heterocycles. The summed E-state index contributed by atoms with van der Waals surface area (Å²) in [6, 6.07) is 0.898. The Kier molecular flexibility index (Phi) is 4.29. The monoisotopic (exact) mass is 223 g/mol. The lowest BCUT2D eigenvalue weighted by molar-refractivity contribution is 0.418. The molecule has 0 radical (unpaired) electrons. The molecule has 1 nitrogen and oxygen atoms in total. The van der Waals surface area contributed by atoms with Gasteiger partial charge in [-0.1, -0.05) is 46.0 Å². The predicted molar refractivity (Wildman–Crippen MR) is 70.6 cm³/mol. The first-order valence-electron chi connectivity index (χ1n) is 7.48. The van der Waals surface area contributed by atoms with Crippen LogP contribution < -0.4 is 5.32 Å². The molecule has 0 spiro atoms. The third-order valence-electron chi connectivity index (χ3n) is 4.62. The molecule has 2 unspecified atom stereocenters. The van der Waals surface area contributed by atoms with Crippen molar-refractivity contribution in [3.8, 4) is 0 Å². The highest BCUT2D eigenvalue weighted by atomic mass is 15.0. The Labute approximate surface area is 101 Å². The second kappa shape index (κ2) is 5.53. The molecule has 2 saturated carbocycles. The molecule has 0 amide bonds. The van der Waals surface area contributed by atoms with E-state index in [1.54, 1.807) is 0 Å². The van der Waals surface area contributed by atoms with Crippen molar-refractivity contribution in [1.29, 1.82) is 0 Å². The smallest absolute Gasteiger partial charge is 0.00683 e. The molecule has 0 aliphatic heterocycles. The van der Waals surface area contributed by atoms with Crippen LogP contribution in [0.1, 0.15) is 71.6 Å². The summed E-state index contributed by atoms with van der Waals surface area (Å²) in [7, 11) is 0. The largest absolute Gasteiger partial charge is 0.314 e. The van der Waals surface area contributed by atoms with Crippen LogP contribution in [0.3, 0.4) is 0 Å². The summed E-state index contributed by atoms with van der Waals surface area (Å²) in [5.74, 6) is 0.999. The summed E-state index contributed by atoms with van der Waals surface area (Å²) in [4.78, 5) is 0. The van der Waals surface area contributed by atoms with Crippen LogP contribution in [0.4, 0.5) is 0 Å². The van der Waals surface area contributed by atoms with Crippen molar-refractivity contribution in [2.24, 2.45) is 11.3 Å². The van der Waals surface area contributed by atoms with Crippen molar-refractivity contribution in [3.63, 3.8) is 0 Å². The molecule has 0 bridgehead atoms. The number of unbranched alkanes of at least 4 members (excludes halogenated alkanes) is 4. The van der Waals surface area contributed by atoms with Crippen LogP contribution in [-0.2, 0) is 0 Å². The maximum atomic E-state index is 3.68. The van der Waals surface area contributed by atoms with Gasteiger partial charge < -0.3 is 5.32 Å². The normalized spacial score (nSPS) is 33.0. The Bertz CT molecular complexity index is 209. The van der Waals surface area contributed by atoms with Gasteiger partial charge in [-0.25, -0.2) is 0 Å². The van der Waals surface area contributed by atoms with Crippen molar-refractivity contribution in [3.05, 3.63) is 0 Å². The summed E-state index contributed by atoms with van der Waals surface area (Å²) < 4.78 is 0. The summed E-state index contributed by atoms with van der Waals surface area (Å²) in [6.45, 7) is 6.10. The lowest BCUT2D eigenvalue weighted by atomic mass is 9.97. The van der Waals surface area contributed by atoms with Gasteiger partial charge in [0.05, 0.1) is 0 Å². The van der Waals surface area contributed by atoms with E-state index in [1.807, 2.05) is 0 Å². The van der Waals surface area contributed by atoms with Gasteiger partial charge in [-0.15, -0.1) is 0 Å². The molecule has 0 aromatic carbocycles. The number of hydrogen-bond donors (Lipinski definition) is 1. The van der Waals surface area contributed by atoms with Crippen molar-refractivity contribution in [2.75, 3.05) is 6.54 Å². The fourth-order valence-corrected chi connectivity index (χ4v) is 2.86. The molecule has 0 saturated heterocycles. The van der Waals surface area contributed by atoms with Gasteiger partial charge in [-0.2, -0.15) is 0 Å². The van der Waals surface area contributed by atoms with Crippen LogP contribution in [0.2, 0.25) is 0 Å². The van der Waals surface area contributed by atoms with Gasteiger partial charge in [0, 0.05) is 6.04 Å². The minimum absolute atomic E-state index is 0.716. The molecule has 2 rings (SSSR count). The Balaban J connectivity index is 1.48. The Hall–Kier alpha value is -0.0400. The van der Waals surface area contributed by atoms with Crippen LogP contribution in [0.15, 0.2) is 0 Å². The average molecular weight is 223 g/mol. The number of rotatable bonds is 9. The Morgan fingerprint density at radius 3 is 2.56 bits per heavy atom. The van der Waals surface area contributed by atoms with E-state index in [1.165, 1.54) is 64.3 Å². The third kappa shape index (κ3) is 3.76. The molecular formula is C15H29N. The van der Waals surface area contributed by atoms with Gasteiger partial charge in [0.1, 0.15) is 0 Å². The van der Waals surface area contributed by atoms with E-state index in [0.29, 0.717) is 5.41 Å². The topological polar surface area (TPSA) is 12.0 Å². The zero-order chi connectivity index (χ0) is 11.4. The lowest BCUT2D eigenvalue weighted by Crippen LogP contribution is -2.21. The Morgan fingerprint density at radius 1 is 1.12 bits per heavy atom. The van der Waals surface area contributed by atoms with Crippen molar-refractivity contribution < 1.29 is 0 Å². The maximum absolute atomic E-state index is 3.68. The second-order valence-corrected chi connectivity index (χ2v) is 6.40. The van der Waals surface area contributed by atoms with E-state index in [4.69, 9.17) is 0 Å². The third-order valence-corrected chi connectivity index (χ3v) is 4.62. The lowest BCUT2D eigenvalue weighted by Gasteiger charge is -2.11. The van der Waals surface area contributed by atoms with Crippen molar-refractivity contribution in [2.45, 2.75) is 77.7 Å². The molecule has 2 aliphatic carbocycles. The van der Waals surface area contributed by atoms with E-state index >= 15 is 0 Å². The standard InChI is InChI=1S/C15H29N/c1-3-4-5-6-7-10-15(2)11-13(15)12-16-14-8-9-14/h13-14,16H,3-12H2,1-2H3. The number of nitrogens with one attached hydrogen (secondary N) is 1. The zero-order valence-corrected chi connectivity index (χ0v) is 11.2. The molecule has 1 heteroatoms. The van der Waals surface area contributed by atoms with Gasteiger partial charge in [0.2, 0.25) is 0 Å². The average Bonchev–Trinajstić information content (AvgIpc) is 3.13. The fourth-order valence-electron chi connectivity index (χ4n) is 2.86. The van der Waals surface area contributed by atoms with E-state index in [0.717, 1.165) is 12.0 Å². The van der Waals surface area contributed by atoms with E-state index in [-0.39, 0.29) is 0 Å². The van der Waals surface area contributed by atoms with Gasteiger partial charge >= 0.3 is 0 Å². The summed E-state index contributed by atoms with van der Waals surface area (Å²) in [5.41, 5.74) is 0.716. The minimum Gasteiger partial charge on any atom is -0.314 e. The van der Waals surface area contributed by atoms with Crippen LogP contribution >= 0.6 is 0 Å². The quantitative estimate of drug-likeness (QED) is 0.580. The molecule has 0 aromatic rings. The zero-order valence-electron chi connectivity index (χ0n) is 11.2. The first-order chi connectivity index (χ1) is 7.74. The van der Waals surface area contributed by atoms with E-state index < -0.39 is 0 Å². The Morgan fingerprint density at radius 2 is 1.88 bits per heavy atom. The van der Waals surface area contributed by atoms with Gasteiger partial charge in [-0.3, -0.25) is 0 Å². The molecule has 1 N–H and O–H groups in total. The highest BCUT2D eigenvalue weighted by Gasteiger charge is 2.48. The van der Waals surface area contributed by atoms with Crippen LogP contribution in [0.5, 0.6) is 0 Å². The fraction of sp³-hybridized carbons (Fsp3) is 1.00. The SMILES string of the molecule is CCCCCCCC1(C)CC1CNC1CC1. The van der Waals surface area contributed by atoms with Gasteiger partial charge in [-0.05, 0) is 43.6 Å². The van der Waals surface area contributed by atoms with Crippen LogP contribution in [0, 0.1) is 11.3 Å². The molecule has 2 aliphatic rings. The molecule has 0 heterocycles. The van der Waals surface area contributed by atoms with Gasteiger partial charge in [0.25, 0.3) is 0 Å². The predicted octanol–water partition coefficient (Wildman–Crippen LogP) is 4.13. The summed E-state index contributed by atoms with van der Waals surface area (Å²) in [6.07, 6.45) is 13.0. The van der Waals surface area contributed by atoms with Crippen LogP contribution in [0.25, 0.3) is 0 Å². The molecule has 2 fully saturated rings. The highest BCUT2D eigenvalue weighted by molar-refractivity contribution is 5.00.